The van der Waals surface area contributed by atoms with Crippen LogP contribution in [-0.4, -0.2) is 19.5 Å². The van der Waals surface area contributed by atoms with Crippen molar-refractivity contribution in [2.24, 2.45) is 0 Å². The molecule has 0 fully saturated rings. The predicted octanol–water partition coefficient (Wildman–Crippen LogP) is 5.41. The Morgan fingerprint density at radius 2 is 1.25 bits per heavy atom. The lowest BCUT2D eigenvalue weighted by atomic mass is 10.1. The number of imidazole rings is 1. The first-order chi connectivity index (χ1) is 13.8. The van der Waals surface area contributed by atoms with Gasteiger partial charge in [-0.15, -0.1) is 0 Å². The molecule has 0 saturated carbocycles. The smallest absolute Gasteiger partial charge is 0.199 e. The summed E-state index contributed by atoms with van der Waals surface area (Å²) in [5.74, 6) is 2.08. The third-order valence-corrected chi connectivity index (χ3v) is 4.74. The quantitative estimate of drug-likeness (QED) is 0.431. The first-order valence-electron chi connectivity index (χ1n) is 9.23. The molecule has 0 atom stereocenters. The first-order valence-corrected chi connectivity index (χ1v) is 9.23. The lowest BCUT2D eigenvalue weighted by molar-refractivity contribution is 0.985. The highest BCUT2D eigenvalue weighted by Gasteiger charge is 2.20. The third kappa shape index (κ3) is 2.95. The Labute approximate surface area is 163 Å². The van der Waals surface area contributed by atoms with Gasteiger partial charge in [-0.05, 0) is 19.1 Å². The van der Waals surface area contributed by atoms with Crippen LogP contribution in [0.2, 0.25) is 0 Å². The Bertz CT molecular complexity index is 1190. The van der Waals surface area contributed by atoms with Crippen LogP contribution in [0.4, 0.5) is 0 Å². The highest BCUT2D eigenvalue weighted by molar-refractivity contribution is 5.68. The van der Waals surface area contributed by atoms with Crippen LogP contribution >= 0.6 is 0 Å². The summed E-state index contributed by atoms with van der Waals surface area (Å²) >= 11 is 0. The van der Waals surface area contributed by atoms with Gasteiger partial charge in [0.1, 0.15) is 0 Å². The maximum absolute atomic E-state index is 4.81. The summed E-state index contributed by atoms with van der Waals surface area (Å²) in [6, 6.07) is 28.6. The fourth-order valence-electron chi connectivity index (χ4n) is 3.26. The molecular weight excluding hydrogens is 344 g/mol. The summed E-state index contributed by atoms with van der Waals surface area (Å²) in [5, 5.41) is 0. The SMILES string of the molecule is Cc1ccc(-n2cc(-c3ccccc3)nc3nc(-c4ccccc4)nc2-3)cc1. The van der Waals surface area contributed by atoms with Gasteiger partial charge < -0.3 is 0 Å². The van der Waals surface area contributed by atoms with Crippen LogP contribution in [0.15, 0.2) is 91.1 Å². The van der Waals surface area contributed by atoms with Gasteiger partial charge in [0.15, 0.2) is 17.5 Å². The zero-order chi connectivity index (χ0) is 18.9. The number of rotatable bonds is 3. The average molecular weight is 362 g/mol. The molecule has 4 nitrogen and oxygen atoms in total. The van der Waals surface area contributed by atoms with Gasteiger partial charge in [-0.1, -0.05) is 78.4 Å². The summed E-state index contributed by atoms with van der Waals surface area (Å²) < 4.78 is 2.07. The summed E-state index contributed by atoms with van der Waals surface area (Å²) in [6.07, 6.45) is 2.03. The minimum atomic E-state index is 0.640. The monoisotopic (exact) mass is 362 g/mol. The van der Waals surface area contributed by atoms with E-state index in [2.05, 4.69) is 47.9 Å². The van der Waals surface area contributed by atoms with Gasteiger partial charge in [0.2, 0.25) is 0 Å². The van der Waals surface area contributed by atoms with Gasteiger partial charge >= 0.3 is 0 Å². The molecule has 2 aliphatic heterocycles. The number of nitrogens with zero attached hydrogens (tertiary/aromatic N) is 4. The van der Waals surface area contributed by atoms with Crippen LogP contribution in [0.25, 0.3) is 40.0 Å². The Balaban J connectivity index is 1.75. The molecule has 0 saturated heterocycles. The Morgan fingerprint density at radius 3 is 1.93 bits per heavy atom. The second-order valence-electron chi connectivity index (χ2n) is 6.76. The molecule has 0 aromatic heterocycles. The molecule has 3 aromatic rings. The molecular formula is C24H18N4. The topological polar surface area (TPSA) is 43.6 Å². The fourth-order valence-corrected chi connectivity index (χ4v) is 3.26. The molecule has 2 aliphatic rings. The van der Waals surface area contributed by atoms with Crippen molar-refractivity contribution in [3.8, 4) is 40.0 Å². The fraction of sp³-hybridized carbons (Fsp3) is 0.0417. The number of aromatic nitrogens is 4. The number of fused-ring (bicyclic) bond motifs is 1. The lowest BCUT2D eigenvalue weighted by Crippen LogP contribution is -2.04. The Hall–Kier alpha value is -3.79. The third-order valence-electron chi connectivity index (χ3n) is 4.74. The highest BCUT2D eigenvalue weighted by atomic mass is 15.2. The number of benzene rings is 3. The molecule has 0 unspecified atom stereocenters. The van der Waals surface area contributed by atoms with Crippen LogP contribution in [-0.2, 0) is 0 Å². The van der Waals surface area contributed by atoms with Crippen molar-refractivity contribution >= 4 is 0 Å². The zero-order valence-electron chi connectivity index (χ0n) is 15.4. The van der Waals surface area contributed by atoms with Gasteiger partial charge in [0.05, 0.1) is 5.69 Å². The number of aryl methyl sites for hydroxylation is 1. The van der Waals surface area contributed by atoms with E-state index in [0.29, 0.717) is 11.6 Å². The Kier molecular flexibility index (Phi) is 3.95. The summed E-state index contributed by atoms with van der Waals surface area (Å²) in [4.78, 5) is 14.3. The van der Waals surface area contributed by atoms with Crippen LogP contribution in [0.5, 0.6) is 0 Å². The summed E-state index contributed by atoms with van der Waals surface area (Å²) in [7, 11) is 0. The van der Waals surface area contributed by atoms with Gasteiger partial charge in [-0.25, -0.2) is 15.0 Å². The highest BCUT2D eigenvalue weighted by Crippen LogP contribution is 2.29. The molecule has 0 N–H and O–H groups in total. The van der Waals surface area contributed by atoms with Gasteiger partial charge in [0.25, 0.3) is 0 Å². The molecule has 0 spiro atoms. The van der Waals surface area contributed by atoms with Gasteiger partial charge in [-0.3, -0.25) is 4.57 Å². The average Bonchev–Trinajstić information content (AvgIpc) is 3.19. The van der Waals surface area contributed by atoms with E-state index in [9.17, 15) is 0 Å². The Morgan fingerprint density at radius 1 is 0.607 bits per heavy atom. The molecule has 0 aliphatic carbocycles. The normalized spacial score (nSPS) is 11.0. The zero-order valence-corrected chi connectivity index (χ0v) is 15.4. The van der Waals surface area contributed by atoms with E-state index in [0.717, 1.165) is 28.3 Å². The van der Waals surface area contributed by atoms with E-state index in [4.69, 9.17) is 15.0 Å². The van der Waals surface area contributed by atoms with Crippen molar-refractivity contribution in [3.63, 3.8) is 0 Å². The molecule has 4 heteroatoms. The van der Waals surface area contributed by atoms with Gasteiger partial charge in [-0.2, -0.15) is 0 Å². The summed E-state index contributed by atoms with van der Waals surface area (Å²) in [5.41, 5.74) is 5.16. The van der Waals surface area contributed by atoms with E-state index in [1.54, 1.807) is 0 Å². The molecule has 0 radical (unpaired) electrons. The van der Waals surface area contributed by atoms with Crippen molar-refractivity contribution in [2.75, 3.05) is 0 Å². The minimum Gasteiger partial charge on any atom is -0.296 e. The van der Waals surface area contributed by atoms with Crippen molar-refractivity contribution in [2.45, 2.75) is 6.92 Å². The predicted molar refractivity (Wildman–Crippen MR) is 111 cm³/mol. The number of hydrogen-bond acceptors (Lipinski definition) is 3. The number of hydrogen-bond donors (Lipinski definition) is 0. The molecule has 134 valence electrons. The van der Waals surface area contributed by atoms with Gasteiger partial charge in [0, 0.05) is 23.0 Å². The lowest BCUT2D eigenvalue weighted by Gasteiger charge is -2.13. The van der Waals surface area contributed by atoms with E-state index in [1.165, 1.54) is 5.56 Å². The van der Waals surface area contributed by atoms with Crippen LogP contribution in [0.3, 0.4) is 0 Å². The molecule has 2 heterocycles. The van der Waals surface area contributed by atoms with E-state index >= 15 is 0 Å². The largest absolute Gasteiger partial charge is 0.296 e. The molecule has 28 heavy (non-hydrogen) atoms. The van der Waals surface area contributed by atoms with Crippen LogP contribution in [0.1, 0.15) is 5.56 Å². The van der Waals surface area contributed by atoms with Crippen LogP contribution in [0, 0.1) is 6.92 Å². The van der Waals surface area contributed by atoms with Crippen molar-refractivity contribution < 1.29 is 0 Å². The van der Waals surface area contributed by atoms with Crippen molar-refractivity contribution in [1.29, 1.82) is 0 Å². The second-order valence-corrected chi connectivity index (χ2v) is 6.76. The van der Waals surface area contributed by atoms with Crippen molar-refractivity contribution in [1.82, 2.24) is 19.5 Å². The second kappa shape index (κ2) is 6.74. The minimum absolute atomic E-state index is 0.640. The maximum atomic E-state index is 4.81. The first kappa shape index (κ1) is 16.4. The van der Waals surface area contributed by atoms with E-state index in [-0.39, 0.29) is 0 Å². The van der Waals surface area contributed by atoms with E-state index in [1.807, 2.05) is 54.7 Å². The molecule has 0 bridgehead atoms. The molecule has 3 aromatic carbocycles. The maximum Gasteiger partial charge on any atom is 0.199 e. The van der Waals surface area contributed by atoms with E-state index < -0.39 is 0 Å². The van der Waals surface area contributed by atoms with Crippen molar-refractivity contribution in [3.05, 3.63) is 96.7 Å². The summed E-state index contributed by atoms with van der Waals surface area (Å²) in [6.45, 7) is 2.09. The molecule has 5 rings (SSSR count). The molecule has 0 amide bonds. The van der Waals surface area contributed by atoms with Crippen LogP contribution < -0.4 is 0 Å². The standard InChI is InChI=1S/C24H18N4/c1-17-12-14-20(15-13-17)28-16-21(18-8-4-2-5-9-18)25-23-24(28)27-22(26-23)19-10-6-3-7-11-19/h2-16H,1H3.